The third-order valence-electron chi connectivity index (χ3n) is 5.13. The standard InChI is InChI=1S/C24H30N4O4/c1-3-6-21-22(13-12-20(17(2)29)24(21)30)32-16-5-4-15-31-19-10-7-18(8-11-19)9-14-23-25-27-28-26-23/h7-8,10-13,30H,3-6,9,14-16H2,1-2H3,(H,25,26,27,28). The van der Waals surface area contributed by atoms with Crippen molar-refractivity contribution in [2.75, 3.05) is 13.2 Å². The number of rotatable bonds is 13. The number of hydrogen-bond donors (Lipinski definition) is 2. The van der Waals surface area contributed by atoms with E-state index in [0.717, 1.165) is 37.9 Å². The molecule has 2 N–H and O–H groups in total. The van der Waals surface area contributed by atoms with E-state index in [0.29, 0.717) is 42.3 Å². The van der Waals surface area contributed by atoms with Crippen molar-refractivity contribution in [1.29, 1.82) is 0 Å². The summed E-state index contributed by atoms with van der Waals surface area (Å²) >= 11 is 0. The largest absolute Gasteiger partial charge is 0.507 e. The highest BCUT2D eigenvalue weighted by atomic mass is 16.5. The molecule has 170 valence electrons. The van der Waals surface area contributed by atoms with Crippen molar-refractivity contribution in [1.82, 2.24) is 20.6 Å². The van der Waals surface area contributed by atoms with E-state index in [4.69, 9.17) is 9.47 Å². The van der Waals surface area contributed by atoms with Crippen LogP contribution < -0.4 is 9.47 Å². The normalized spacial score (nSPS) is 10.8. The average Bonchev–Trinajstić information content (AvgIpc) is 3.31. The molecule has 0 fully saturated rings. The molecule has 0 aliphatic carbocycles. The molecule has 0 atom stereocenters. The Morgan fingerprint density at radius 1 is 1.00 bits per heavy atom. The lowest BCUT2D eigenvalue weighted by Gasteiger charge is -2.14. The Balaban J connectivity index is 1.38. The first-order valence-electron chi connectivity index (χ1n) is 11.0. The van der Waals surface area contributed by atoms with E-state index >= 15 is 0 Å². The van der Waals surface area contributed by atoms with Gasteiger partial charge in [0.2, 0.25) is 0 Å². The molecular formula is C24H30N4O4. The highest BCUT2D eigenvalue weighted by Crippen LogP contribution is 2.33. The summed E-state index contributed by atoms with van der Waals surface area (Å²) in [7, 11) is 0. The van der Waals surface area contributed by atoms with Gasteiger partial charge in [0.1, 0.15) is 17.2 Å². The Bertz CT molecular complexity index is 988. The first kappa shape index (κ1) is 23.2. The van der Waals surface area contributed by atoms with Gasteiger partial charge in [-0.3, -0.25) is 4.79 Å². The number of carbonyl (C=O) groups is 1. The van der Waals surface area contributed by atoms with Crippen LogP contribution in [0.2, 0.25) is 0 Å². The fraction of sp³-hybridized carbons (Fsp3) is 0.417. The summed E-state index contributed by atoms with van der Waals surface area (Å²) in [5.74, 6) is 2.08. The molecule has 8 nitrogen and oxygen atoms in total. The predicted molar refractivity (Wildman–Crippen MR) is 120 cm³/mol. The lowest BCUT2D eigenvalue weighted by Crippen LogP contribution is -2.05. The first-order valence-corrected chi connectivity index (χ1v) is 11.0. The van der Waals surface area contributed by atoms with Crippen molar-refractivity contribution >= 4 is 5.78 Å². The van der Waals surface area contributed by atoms with Gasteiger partial charge in [-0.15, -0.1) is 10.2 Å². The number of H-pyrrole nitrogens is 1. The van der Waals surface area contributed by atoms with Crippen molar-refractivity contribution in [3.05, 3.63) is 58.9 Å². The van der Waals surface area contributed by atoms with E-state index in [1.807, 2.05) is 31.2 Å². The van der Waals surface area contributed by atoms with Crippen LogP contribution >= 0.6 is 0 Å². The highest BCUT2D eigenvalue weighted by molar-refractivity contribution is 5.97. The van der Waals surface area contributed by atoms with Gasteiger partial charge in [-0.2, -0.15) is 5.21 Å². The Labute approximate surface area is 188 Å². The van der Waals surface area contributed by atoms with Crippen LogP contribution in [0.15, 0.2) is 36.4 Å². The van der Waals surface area contributed by atoms with Crippen LogP contribution in [0.1, 0.15) is 60.4 Å². The van der Waals surface area contributed by atoms with Gasteiger partial charge in [0.25, 0.3) is 0 Å². The van der Waals surface area contributed by atoms with Crippen molar-refractivity contribution in [2.45, 2.75) is 52.4 Å². The average molecular weight is 439 g/mol. The van der Waals surface area contributed by atoms with Crippen LogP contribution in [0.3, 0.4) is 0 Å². The summed E-state index contributed by atoms with van der Waals surface area (Å²) in [5.41, 5.74) is 2.24. The van der Waals surface area contributed by atoms with Crippen LogP contribution in [-0.4, -0.2) is 44.7 Å². The second kappa shape index (κ2) is 11.8. The van der Waals surface area contributed by atoms with Crippen molar-refractivity contribution in [2.24, 2.45) is 0 Å². The molecule has 0 radical (unpaired) electrons. The van der Waals surface area contributed by atoms with Gasteiger partial charge >= 0.3 is 0 Å². The molecule has 0 saturated carbocycles. The minimum atomic E-state index is -0.149. The van der Waals surface area contributed by atoms with Crippen LogP contribution in [-0.2, 0) is 19.3 Å². The summed E-state index contributed by atoms with van der Waals surface area (Å²) < 4.78 is 11.7. The van der Waals surface area contributed by atoms with Crippen LogP contribution in [0.25, 0.3) is 0 Å². The fourth-order valence-corrected chi connectivity index (χ4v) is 3.40. The minimum absolute atomic E-state index is 0.0425. The third kappa shape index (κ3) is 6.54. The number of ether oxygens (including phenoxy) is 2. The summed E-state index contributed by atoms with van der Waals surface area (Å²) in [4.78, 5) is 11.7. The molecule has 8 heteroatoms. The van der Waals surface area contributed by atoms with E-state index in [9.17, 15) is 9.90 Å². The lowest BCUT2D eigenvalue weighted by atomic mass is 10.0. The third-order valence-corrected chi connectivity index (χ3v) is 5.13. The van der Waals surface area contributed by atoms with Crippen molar-refractivity contribution in [3.63, 3.8) is 0 Å². The number of ketones is 1. The zero-order valence-corrected chi connectivity index (χ0v) is 18.6. The number of nitrogens with zero attached hydrogens (tertiary/aromatic N) is 3. The number of phenols is 1. The second-order valence-electron chi connectivity index (χ2n) is 7.62. The fourth-order valence-electron chi connectivity index (χ4n) is 3.40. The molecule has 1 aromatic heterocycles. The Kier molecular flexibility index (Phi) is 8.60. The number of Topliss-reactive ketones (excluding diaryl/α,β-unsaturated/α-hetero) is 1. The van der Waals surface area contributed by atoms with Gasteiger partial charge in [0.05, 0.1) is 18.8 Å². The molecule has 0 saturated heterocycles. The number of aryl methyl sites for hydroxylation is 2. The topological polar surface area (TPSA) is 110 Å². The quantitative estimate of drug-likeness (QED) is 0.305. The number of benzene rings is 2. The number of nitrogens with one attached hydrogen (secondary N) is 1. The van der Waals surface area contributed by atoms with E-state index in [1.165, 1.54) is 12.5 Å². The number of aromatic nitrogens is 4. The molecule has 0 spiro atoms. The molecule has 2 aromatic carbocycles. The Morgan fingerprint density at radius 3 is 2.41 bits per heavy atom. The number of aromatic amines is 1. The number of phenolic OH excluding ortho intramolecular Hbond substituents is 1. The monoisotopic (exact) mass is 438 g/mol. The molecule has 3 aromatic rings. The van der Waals surface area contributed by atoms with Gasteiger partial charge in [0, 0.05) is 12.0 Å². The first-order chi connectivity index (χ1) is 15.6. The molecule has 0 amide bonds. The van der Waals surface area contributed by atoms with Crippen LogP contribution in [0, 0.1) is 0 Å². The summed E-state index contributed by atoms with van der Waals surface area (Å²) in [6, 6.07) is 11.4. The van der Waals surface area contributed by atoms with Gasteiger partial charge in [0.15, 0.2) is 11.6 Å². The predicted octanol–water partition coefficient (Wildman–Crippen LogP) is 4.08. The summed E-state index contributed by atoms with van der Waals surface area (Å²) in [6.45, 7) is 4.60. The number of unbranched alkanes of at least 4 members (excludes halogenated alkanes) is 1. The Hall–Kier alpha value is -3.42. The van der Waals surface area contributed by atoms with Gasteiger partial charge in [-0.25, -0.2) is 0 Å². The van der Waals surface area contributed by atoms with Gasteiger partial charge in [-0.05, 0) is 62.4 Å². The van der Waals surface area contributed by atoms with E-state index in [-0.39, 0.29) is 11.5 Å². The molecule has 0 aliphatic heterocycles. The Morgan fingerprint density at radius 2 is 1.75 bits per heavy atom. The van der Waals surface area contributed by atoms with Crippen molar-refractivity contribution in [3.8, 4) is 17.2 Å². The smallest absolute Gasteiger partial charge is 0.174 e. The van der Waals surface area contributed by atoms with Gasteiger partial charge in [-0.1, -0.05) is 30.7 Å². The molecular weight excluding hydrogens is 408 g/mol. The maximum atomic E-state index is 11.7. The zero-order chi connectivity index (χ0) is 22.8. The minimum Gasteiger partial charge on any atom is -0.507 e. The summed E-state index contributed by atoms with van der Waals surface area (Å²) in [6.07, 6.45) is 4.78. The molecule has 1 heterocycles. The molecule has 0 bridgehead atoms. The van der Waals surface area contributed by atoms with Gasteiger partial charge < -0.3 is 14.6 Å². The summed E-state index contributed by atoms with van der Waals surface area (Å²) in [5, 5.41) is 24.3. The molecule has 0 unspecified atom stereocenters. The number of carbonyl (C=O) groups excluding carboxylic acids is 1. The van der Waals surface area contributed by atoms with Crippen LogP contribution in [0.4, 0.5) is 0 Å². The zero-order valence-electron chi connectivity index (χ0n) is 18.6. The number of tetrazole rings is 1. The van der Waals surface area contributed by atoms with Crippen LogP contribution in [0.5, 0.6) is 17.2 Å². The molecule has 0 aliphatic rings. The molecule has 3 rings (SSSR count). The second-order valence-corrected chi connectivity index (χ2v) is 7.62. The number of aromatic hydroxyl groups is 1. The maximum absolute atomic E-state index is 11.7. The highest BCUT2D eigenvalue weighted by Gasteiger charge is 2.15. The SMILES string of the molecule is CCCc1c(OCCCCOc2ccc(CCc3nn[nH]n3)cc2)ccc(C(C)=O)c1O. The van der Waals surface area contributed by atoms with Crippen molar-refractivity contribution < 1.29 is 19.4 Å². The number of hydrogen-bond acceptors (Lipinski definition) is 7. The van der Waals surface area contributed by atoms with E-state index < -0.39 is 0 Å². The lowest BCUT2D eigenvalue weighted by molar-refractivity contribution is 0.101. The van der Waals surface area contributed by atoms with E-state index in [1.54, 1.807) is 12.1 Å². The maximum Gasteiger partial charge on any atom is 0.174 e. The molecule has 32 heavy (non-hydrogen) atoms. The van der Waals surface area contributed by atoms with E-state index in [2.05, 4.69) is 20.6 Å².